The molecule has 0 unspecified atom stereocenters. The largest absolute Gasteiger partial charge is 0.277 e. The maximum Gasteiger partial charge on any atom is 0.111 e. The van der Waals surface area contributed by atoms with Crippen molar-refractivity contribution in [3.05, 3.63) is 36.0 Å². The molecule has 0 spiro atoms. The summed E-state index contributed by atoms with van der Waals surface area (Å²) in [6, 6.07) is 8.10. The summed E-state index contributed by atoms with van der Waals surface area (Å²) in [6.07, 6.45) is 1.84. The SMILES string of the molecule is c1ccc2c(-c3cncs3)n[nH]c2c1. The maximum absolute atomic E-state index is 4.28. The first-order chi connectivity index (χ1) is 6.95. The molecule has 3 aromatic rings. The Kier molecular flexibility index (Phi) is 1.61. The van der Waals surface area contributed by atoms with Gasteiger partial charge in [0, 0.05) is 11.6 Å². The van der Waals surface area contributed by atoms with E-state index in [9.17, 15) is 0 Å². The van der Waals surface area contributed by atoms with E-state index in [0.29, 0.717) is 0 Å². The molecular formula is C10H7N3S. The van der Waals surface area contributed by atoms with Crippen molar-refractivity contribution in [3.8, 4) is 10.6 Å². The second-order valence-electron chi connectivity index (χ2n) is 2.98. The average molecular weight is 201 g/mol. The van der Waals surface area contributed by atoms with Crippen LogP contribution in [0, 0.1) is 0 Å². The predicted octanol–water partition coefficient (Wildman–Crippen LogP) is 2.69. The van der Waals surface area contributed by atoms with E-state index >= 15 is 0 Å². The number of aromatic nitrogens is 3. The van der Waals surface area contributed by atoms with Crippen LogP contribution >= 0.6 is 11.3 Å². The van der Waals surface area contributed by atoms with Crippen LogP contribution in [0.15, 0.2) is 36.0 Å². The van der Waals surface area contributed by atoms with Crippen LogP contribution < -0.4 is 0 Å². The molecule has 2 aromatic heterocycles. The van der Waals surface area contributed by atoms with Crippen molar-refractivity contribution in [2.75, 3.05) is 0 Å². The van der Waals surface area contributed by atoms with Crippen LogP contribution in [0.3, 0.4) is 0 Å². The fourth-order valence-electron chi connectivity index (χ4n) is 1.48. The van der Waals surface area contributed by atoms with Crippen molar-refractivity contribution in [2.24, 2.45) is 0 Å². The molecule has 1 aromatic carbocycles. The molecule has 3 rings (SSSR count). The number of nitrogens with one attached hydrogen (secondary N) is 1. The van der Waals surface area contributed by atoms with Gasteiger partial charge in [0.2, 0.25) is 0 Å². The van der Waals surface area contributed by atoms with Crippen molar-refractivity contribution >= 4 is 22.2 Å². The molecule has 0 radical (unpaired) electrons. The number of benzene rings is 1. The third-order valence-corrected chi connectivity index (χ3v) is 2.92. The molecule has 4 heteroatoms. The number of rotatable bonds is 1. The summed E-state index contributed by atoms with van der Waals surface area (Å²) >= 11 is 1.60. The Morgan fingerprint density at radius 2 is 2.14 bits per heavy atom. The standard InChI is InChI=1S/C10H7N3S/c1-2-4-8-7(3-1)10(13-12-8)9-5-11-6-14-9/h1-6H,(H,12,13). The molecule has 14 heavy (non-hydrogen) atoms. The minimum Gasteiger partial charge on any atom is -0.277 e. The number of thiazole rings is 1. The van der Waals surface area contributed by atoms with E-state index < -0.39 is 0 Å². The van der Waals surface area contributed by atoms with Gasteiger partial charge in [0.15, 0.2) is 0 Å². The fraction of sp³-hybridized carbons (Fsp3) is 0. The third-order valence-electron chi connectivity index (χ3n) is 2.14. The highest BCUT2D eigenvalue weighted by Crippen LogP contribution is 2.28. The zero-order valence-electron chi connectivity index (χ0n) is 7.27. The van der Waals surface area contributed by atoms with E-state index in [-0.39, 0.29) is 0 Å². The van der Waals surface area contributed by atoms with Gasteiger partial charge in [0.25, 0.3) is 0 Å². The quantitative estimate of drug-likeness (QED) is 0.657. The fourth-order valence-corrected chi connectivity index (χ4v) is 2.11. The lowest BCUT2D eigenvalue weighted by molar-refractivity contribution is 1.13. The van der Waals surface area contributed by atoms with E-state index in [2.05, 4.69) is 21.2 Å². The van der Waals surface area contributed by atoms with Crippen LogP contribution in [0.2, 0.25) is 0 Å². The van der Waals surface area contributed by atoms with E-state index in [4.69, 9.17) is 0 Å². The lowest BCUT2D eigenvalue weighted by Crippen LogP contribution is -1.71. The van der Waals surface area contributed by atoms with Gasteiger partial charge in [-0.15, -0.1) is 11.3 Å². The van der Waals surface area contributed by atoms with Crippen LogP contribution in [-0.2, 0) is 0 Å². The molecule has 2 heterocycles. The van der Waals surface area contributed by atoms with Gasteiger partial charge in [0.1, 0.15) is 5.69 Å². The zero-order chi connectivity index (χ0) is 9.38. The molecule has 0 bridgehead atoms. The van der Waals surface area contributed by atoms with Gasteiger partial charge in [-0.25, -0.2) is 0 Å². The number of para-hydroxylation sites is 1. The highest BCUT2D eigenvalue weighted by molar-refractivity contribution is 7.13. The molecule has 0 saturated heterocycles. The van der Waals surface area contributed by atoms with Gasteiger partial charge in [-0.2, -0.15) is 5.10 Å². The summed E-state index contributed by atoms with van der Waals surface area (Å²) in [7, 11) is 0. The predicted molar refractivity (Wildman–Crippen MR) is 57.2 cm³/mol. The summed E-state index contributed by atoms with van der Waals surface area (Å²) in [6.45, 7) is 0. The smallest absolute Gasteiger partial charge is 0.111 e. The first-order valence-corrected chi connectivity index (χ1v) is 5.15. The normalized spacial score (nSPS) is 10.9. The molecule has 0 amide bonds. The molecule has 3 nitrogen and oxygen atoms in total. The van der Waals surface area contributed by atoms with Crippen LogP contribution in [0.1, 0.15) is 0 Å². The first-order valence-electron chi connectivity index (χ1n) is 4.27. The van der Waals surface area contributed by atoms with Gasteiger partial charge in [-0.1, -0.05) is 18.2 Å². The third kappa shape index (κ3) is 1.04. The highest BCUT2D eigenvalue weighted by atomic mass is 32.1. The van der Waals surface area contributed by atoms with Crippen LogP contribution in [0.25, 0.3) is 21.5 Å². The van der Waals surface area contributed by atoms with Gasteiger partial charge in [-0.3, -0.25) is 10.1 Å². The summed E-state index contributed by atoms with van der Waals surface area (Å²) in [4.78, 5) is 5.15. The molecule has 0 aliphatic heterocycles. The average Bonchev–Trinajstić information content (AvgIpc) is 2.85. The summed E-state index contributed by atoms with van der Waals surface area (Å²) in [5.74, 6) is 0. The molecular weight excluding hydrogens is 194 g/mol. The van der Waals surface area contributed by atoms with E-state index in [1.165, 1.54) is 0 Å². The highest BCUT2D eigenvalue weighted by Gasteiger charge is 2.07. The van der Waals surface area contributed by atoms with Crippen LogP contribution in [-0.4, -0.2) is 15.2 Å². The van der Waals surface area contributed by atoms with Gasteiger partial charge in [-0.05, 0) is 6.07 Å². The number of hydrogen-bond donors (Lipinski definition) is 1. The Morgan fingerprint density at radius 1 is 1.21 bits per heavy atom. The molecule has 0 aliphatic carbocycles. The summed E-state index contributed by atoms with van der Waals surface area (Å²) < 4.78 is 0. The monoisotopic (exact) mass is 201 g/mol. The molecule has 0 aliphatic rings. The maximum atomic E-state index is 4.28. The topological polar surface area (TPSA) is 41.6 Å². The minimum atomic E-state index is 0.989. The van der Waals surface area contributed by atoms with Gasteiger partial charge in [0.05, 0.1) is 15.9 Å². The van der Waals surface area contributed by atoms with Crippen LogP contribution in [0.5, 0.6) is 0 Å². The van der Waals surface area contributed by atoms with Crippen molar-refractivity contribution in [1.29, 1.82) is 0 Å². The van der Waals surface area contributed by atoms with Gasteiger partial charge < -0.3 is 0 Å². The summed E-state index contributed by atoms with van der Waals surface area (Å²) in [5.41, 5.74) is 3.87. The molecule has 0 atom stereocenters. The number of H-pyrrole nitrogens is 1. The molecule has 68 valence electrons. The van der Waals surface area contributed by atoms with Crippen LogP contribution in [0.4, 0.5) is 0 Å². The Labute approximate surface area is 84.4 Å². The van der Waals surface area contributed by atoms with E-state index in [1.54, 1.807) is 11.3 Å². The van der Waals surface area contributed by atoms with Gasteiger partial charge >= 0.3 is 0 Å². The van der Waals surface area contributed by atoms with E-state index in [1.807, 2.05) is 29.9 Å². The minimum absolute atomic E-state index is 0.989. The lowest BCUT2D eigenvalue weighted by atomic mass is 10.2. The lowest BCUT2D eigenvalue weighted by Gasteiger charge is -1.90. The number of hydrogen-bond acceptors (Lipinski definition) is 3. The first kappa shape index (κ1) is 7.70. The Bertz CT molecular complexity index is 554. The second-order valence-corrected chi connectivity index (χ2v) is 3.87. The van der Waals surface area contributed by atoms with Crippen molar-refractivity contribution in [2.45, 2.75) is 0 Å². The van der Waals surface area contributed by atoms with Crippen molar-refractivity contribution in [3.63, 3.8) is 0 Å². The zero-order valence-corrected chi connectivity index (χ0v) is 8.08. The molecule has 0 fully saturated rings. The van der Waals surface area contributed by atoms with Crippen molar-refractivity contribution in [1.82, 2.24) is 15.2 Å². The Hall–Kier alpha value is -1.68. The number of fused-ring (bicyclic) bond motifs is 1. The number of aromatic amines is 1. The number of nitrogens with zero attached hydrogens (tertiary/aromatic N) is 2. The van der Waals surface area contributed by atoms with E-state index in [0.717, 1.165) is 21.5 Å². The molecule has 0 saturated carbocycles. The Balaban J connectivity index is 2.33. The Morgan fingerprint density at radius 3 is 3.00 bits per heavy atom. The summed E-state index contributed by atoms with van der Waals surface area (Å²) in [5, 5.41) is 8.44. The second kappa shape index (κ2) is 2.92. The molecule has 1 N–H and O–H groups in total. The van der Waals surface area contributed by atoms with Crippen molar-refractivity contribution < 1.29 is 0 Å².